The van der Waals surface area contributed by atoms with Gasteiger partial charge in [-0.1, -0.05) is 284 Å². The molecule has 6 aromatic rings. The van der Waals surface area contributed by atoms with Crippen LogP contribution in [-0.2, 0) is 58.2 Å². The van der Waals surface area contributed by atoms with Crippen LogP contribution in [0.4, 0.5) is 0 Å². The molecule has 0 saturated heterocycles. The van der Waals surface area contributed by atoms with E-state index in [-0.39, 0.29) is 32.5 Å². The first kappa shape index (κ1) is 61.8. The summed E-state index contributed by atoms with van der Waals surface area (Å²) < 4.78 is 0. The number of benzene rings is 6. The lowest BCUT2D eigenvalue weighted by Gasteiger charge is -2.39. The predicted octanol–water partition coefficient (Wildman–Crippen LogP) is 23.3. The fraction of sp³-hybridized carbons (Fsp3) is 0.475. The molecule has 0 nitrogen and oxygen atoms in total. The second kappa shape index (κ2) is 21.7. The Hall–Kier alpha value is -5.24. The Morgan fingerprint density at radius 1 is 0.358 bits per heavy atom. The second-order valence-electron chi connectivity index (χ2n) is 32.1. The third-order valence-electron chi connectivity index (χ3n) is 18.7. The van der Waals surface area contributed by atoms with Crippen LogP contribution >= 0.6 is 0 Å². The molecule has 0 N–H and O–H groups in total. The Bertz CT molecular complexity index is 3240. The van der Waals surface area contributed by atoms with Crippen molar-refractivity contribution >= 4 is 26.3 Å². The molecule has 0 aromatic heterocycles. The van der Waals surface area contributed by atoms with Gasteiger partial charge in [0, 0.05) is 11.1 Å². The smallest absolute Gasteiger partial charge is 0.0683 e. The topological polar surface area (TPSA) is 0 Å². The highest BCUT2D eigenvalue weighted by Gasteiger charge is 2.48. The zero-order valence-electron chi connectivity index (χ0n) is 55.9. The molecular weight excluding hydrogens is 989 g/mol. The Kier molecular flexibility index (Phi) is 16.6. The summed E-state index contributed by atoms with van der Waals surface area (Å²) in [7, 11) is -2.08. The summed E-state index contributed by atoms with van der Waals surface area (Å²) in [6.07, 6.45) is 11.8. The predicted molar refractivity (Wildman–Crippen MR) is 364 cm³/mol. The minimum atomic E-state index is -2.08. The van der Waals surface area contributed by atoms with Crippen LogP contribution in [0.5, 0.6) is 0 Å². The van der Waals surface area contributed by atoms with Gasteiger partial charge in [-0.25, -0.2) is 0 Å². The van der Waals surface area contributed by atoms with Gasteiger partial charge in [-0.15, -0.1) is 0 Å². The van der Waals surface area contributed by atoms with Crippen LogP contribution in [0.2, 0.25) is 13.1 Å². The molecule has 0 fully saturated rings. The first-order chi connectivity index (χ1) is 37.2. The summed E-state index contributed by atoms with van der Waals surface area (Å²) in [6, 6.07) is 37.2. The molecule has 1 heteroatoms. The molecule has 6 aromatic carbocycles. The standard InChI is InChI=1S/C54H72Si.C26H34/c1-19-35-23-43(37-27-39(51(5,6)7)31-40(28-37)52(8,9)10)45-21-33(3)49(47(45)25-35)55(17,18)50-34(4)22-46-44(24-36(20-2)26-48(46)50)38-29-41(53(11,12)13)32-42(30-38)54(14,15)16;1-9-18-12-19-10-17(2)11-23(19)24(13-18)20-14-21(25(3,4)5)16-22(15-20)26(6,7)8/h21-32,49-50H,19-20H2,1-18H3;10,12-16H,9,11H2,1-8H3. The maximum atomic E-state index is 2.70. The molecule has 0 aliphatic heterocycles. The monoisotopic (exact) mass is 1090 g/mol. The van der Waals surface area contributed by atoms with Gasteiger partial charge in [0.2, 0.25) is 0 Å². The van der Waals surface area contributed by atoms with E-state index < -0.39 is 8.07 Å². The molecule has 0 saturated carbocycles. The van der Waals surface area contributed by atoms with Gasteiger partial charge in [0.05, 0.1) is 8.07 Å². The molecule has 0 spiro atoms. The number of hydrogen-bond donors (Lipinski definition) is 0. The fourth-order valence-corrected chi connectivity index (χ4v) is 18.4. The van der Waals surface area contributed by atoms with E-state index in [1.54, 1.807) is 22.3 Å². The minimum absolute atomic E-state index is 0.0725. The summed E-state index contributed by atoms with van der Waals surface area (Å²) >= 11 is 0. The van der Waals surface area contributed by atoms with Crippen molar-refractivity contribution in [2.24, 2.45) is 0 Å². The zero-order valence-corrected chi connectivity index (χ0v) is 56.9. The van der Waals surface area contributed by atoms with Crippen molar-refractivity contribution < 1.29 is 0 Å². The highest BCUT2D eigenvalue weighted by atomic mass is 28.3. The van der Waals surface area contributed by atoms with E-state index in [9.17, 15) is 0 Å². The van der Waals surface area contributed by atoms with Gasteiger partial charge in [-0.2, -0.15) is 0 Å². The Balaban J connectivity index is 0.000000275. The van der Waals surface area contributed by atoms with Gasteiger partial charge < -0.3 is 0 Å². The summed E-state index contributed by atoms with van der Waals surface area (Å²) in [4.78, 5) is 0. The third-order valence-corrected chi connectivity index (χ3v) is 23.2. The lowest BCUT2D eigenvalue weighted by atomic mass is 9.78. The summed E-state index contributed by atoms with van der Waals surface area (Å²) in [5.74, 6) is 0. The van der Waals surface area contributed by atoms with Crippen LogP contribution < -0.4 is 0 Å². The van der Waals surface area contributed by atoms with Crippen LogP contribution in [-0.4, -0.2) is 8.07 Å². The van der Waals surface area contributed by atoms with E-state index in [1.165, 1.54) is 111 Å². The van der Waals surface area contributed by atoms with Crippen molar-refractivity contribution in [1.29, 1.82) is 0 Å². The average molecular weight is 1100 g/mol. The maximum absolute atomic E-state index is 2.70. The number of rotatable bonds is 8. The first-order valence-corrected chi connectivity index (χ1v) is 34.4. The highest BCUT2D eigenvalue weighted by Crippen LogP contribution is 2.56. The number of aryl methyl sites for hydroxylation is 3. The van der Waals surface area contributed by atoms with E-state index in [4.69, 9.17) is 0 Å². The molecule has 430 valence electrons. The van der Waals surface area contributed by atoms with Crippen molar-refractivity contribution in [1.82, 2.24) is 0 Å². The van der Waals surface area contributed by atoms with Crippen molar-refractivity contribution in [3.63, 3.8) is 0 Å². The fourth-order valence-electron chi connectivity index (χ4n) is 13.5. The van der Waals surface area contributed by atoms with Gasteiger partial charge in [0.25, 0.3) is 0 Å². The van der Waals surface area contributed by atoms with Crippen molar-refractivity contribution in [2.45, 2.75) is 249 Å². The highest BCUT2D eigenvalue weighted by molar-refractivity contribution is 6.81. The lowest BCUT2D eigenvalue weighted by molar-refractivity contribution is 0.568. The molecule has 2 atom stereocenters. The largest absolute Gasteiger partial charge is 0.0722 e. The van der Waals surface area contributed by atoms with E-state index >= 15 is 0 Å². The van der Waals surface area contributed by atoms with Crippen LogP contribution in [0.15, 0.2) is 108 Å². The van der Waals surface area contributed by atoms with Gasteiger partial charge in [0.15, 0.2) is 0 Å². The molecular formula is C80H106Si. The molecule has 3 aliphatic carbocycles. The molecule has 0 heterocycles. The van der Waals surface area contributed by atoms with E-state index in [1.807, 2.05) is 0 Å². The molecule has 0 amide bonds. The summed E-state index contributed by atoms with van der Waals surface area (Å²) in [6.45, 7) is 61.6. The second-order valence-corrected chi connectivity index (χ2v) is 36.9. The molecule has 3 aliphatic rings. The van der Waals surface area contributed by atoms with E-state index in [0.29, 0.717) is 11.1 Å². The molecule has 0 bridgehead atoms. The average Bonchev–Trinajstić information content (AvgIpc) is 4.07. The van der Waals surface area contributed by atoms with Gasteiger partial charge in [0.1, 0.15) is 0 Å². The Morgan fingerprint density at radius 3 is 0.938 bits per heavy atom. The Labute approximate surface area is 496 Å². The third kappa shape index (κ3) is 12.7. The van der Waals surface area contributed by atoms with Crippen LogP contribution in [0, 0.1) is 0 Å². The zero-order chi connectivity index (χ0) is 60.1. The summed E-state index contributed by atoms with van der Waals surface area (Å²) in [5, 5.41) is 0. The normalized spacial score (nSPS) is 16.6. The van der Waals surface area contributed by atoms with Crippen molar-refractivity contribution in [3.05, 3.63) is 191 Å². The van der Waals surface area contributed by atoms with Crippen LogP contribution in [0.3, 0.4) is 0 Å². The van der Waals surface area contributed by atoms with Crippen molar-refractivity contribution in [3.8, 4) is 33.4 Å². The van der Waals surface area contributed by atoms with Gasteiger partial charge in [-0.05, 0) is 196 Å². The molecule has 2 unspecified atom stereocenters. The Morgan fingerprint density at radius 2 is 0.642 bits per heavy atom. The number of hydrogen-bond acceptors (Lipinski definition) is 0. The van der Waals surface area contributed by atoms with Crippen LogP contribution in [0.1, 0.15) is 261 Å². The number of fused-ring (bicyclic) bond motifs is 3. The van der Waals surface area contributed by atoms with Crippen LogP contribution in [0.25, 0.3) is 51.6 Å². The van der Waals surface area contributed by atoms with Gasteiger partial charge >= 0.3 is 0 Å². The quantitative estimate of drug-likeness (QED) is 0.133. The molecule has 81 heavy (non-hydrogen) atoms. The summed E-state index contributed by atoms with van der Waals surface area (Å²) in [5.41, 5.74) is 36.3. The van der Waals surface area contributed by atoms with Gasteiger partial charge in [-0.3, -0.25) is 0 Å². The van der Waals surface area contributed by atoms with Crippen molar-refractivity contribution in [2.75, 3.05) is 0 Å². The molecule has 0 radical (unpaired) electrons. The van der Waals surface area contributed by atoms with E-state index in [0.717, 1.165) is 25.7 Å². The minimum Gasteiger partial charge on any atom is -0.0683 e. The first-order valence-electron chi connectivity index (χ1n) is 31.3. The lowest BCUT2D eigenvalue weighted by Crippen LogP contribution is -2.42. The number of allylic oxidation sites excluding steroid dienone is 3. The SMILES string of the molecule is CCc1cc(-c2cc(C(C)(C)C)cc(C(C)(C)C)c2)c2c(c1)C([Si](C)(C)C1C(C)=Cc3c(-c4cc(C(C)(C)C)cc(C(C)(C)C)c4)cc(CC)cc31)C(C)=C2.CCc1cc2c(c(-c3cc(C(C)(C)C)cc(C(C)(C)C)c3)c1)CC(C)=C2. The molecule has 9 rings (SSSR count). The van der Waals surface area contributed by atoms with E-state index in [2.05, 4.69) is 288 Å². The maximum Gasteiger partial charge on any atom is 0.0722 e.